The summed E-state index contributed by atoms with van der Waals surface area (Å²) in [6.45, 7) is 1.46. The van der Waals surface area contributed by atoms with Crippen molar-refractivity contribution in [1.82, 2.24) is 0 Å². The lowest BCUT2D eigenvalue weighted by Crippen LogP contribution is -2.08. The number of carbonyl (C=O) groups excluding carboxylic acids is 1. The summed E-state index contributed by atoms with van der Waals surface area (Å²) in [5.74, 6) is 0.953. The molecule has 0 unspecified atom stereocenters. The average molecular weight is 424 g/mol. The van der Waals surface area contributed by atoms with Gasteiger partial charge in [0.2, 0.25) is 5.91 Å². The van der Waals surface area contributed by atoms with Crippen LogP contribution < -0.4 is 14.8 Å². The highest BCUT2D eigenvalue weighted by Crippen LogP contribution is 2.33. The van der Waals surface area contributed by atoms with Crippen LogP contribution in [0.3, 0.4) is 0 Å². The highest BCUT2D eigenvalue weighted by Gasteiger charge is 2.11. The number of anilines is 1. The lowest BCUT2D eigenvalue weighted by atomic mass is 10.1. The number of halogens is 1. The molecule has 2 aromatic carbocycles. The van der Waals surface area contributed by atoms with E-state index in [-0.39, 0.29) is 5.91 Å². The van der Waals surface area contributed by atoms with Gasteiger partial charge in [-0.3, -0.25) is 9.79 Å². The zero-order valence-corrected chi connectivity index (χ0v) is 15.2. The first-order valence-corrected chi connectivity index (χ1v) is 7.95. The number of ether oxygens (including phenoxy) is 2. The van der Waals surface area contributed by atoms with Gasteiger partial charge >= 0.3 is 0 Å². The van der Waals surface area contributed by atoms with Gasteiger partial charge in [-0.1, -0.05) is 12.1 Å². The minimum atomic E-state index is -0.166. The zero-order valence-electron chi connectivity index (χ0n) is 13.1. The molecule has 2 aromatic rings. The molecule has 23 heavy (non-hydrogen) atoms. The Balaban J connectivity index is 2.46. The molecular weight excluding hydrogens is 407 g/mol. The summed E-state index contributed by atoms with van der Waals surface area (Å²) in [6.07, 6.45) is 1.70. The van der Waals surface area contributed by atoms with Crippen LogP contribution in [0.1, 0.15) is 12.5 Å². The Labute approximate surface area is 148 Å². The van der Waals surface area contributed by atoms with Crippen LogP contribution in [0.5, 0.6) is 11.5 Å². The van der Waals surface area contributed by atoms with Crippen molar-refractivity contribution < 1.29 is 14.3 Å². The third kappa shape index (κ3) is 4.44. The Morgan fingerprint density at radius 2 is 1.83 bits per heavy atom. The van der Waals surface area contributed by atoms with Gasteiger partial charge in [0, 0.05) is 28.3 Å². The lowest BCUT2D eigenvalue weighted by Gasteiger charge is -2.13. The number of carbonyl (C=O) groups is 1. The van der Waals surface area contributed by atoms with Gasteiger partial charge in [-0.2, -0.15) is 0 Å². The topological polar surface area (TPSA) is 59.9 Å². The molecule has 0 aliphatic rings. The second-order valence-electron chi connectivity index (χ2n) is 4.69. The van der Waals surface area contributed by atoms with Gasteiger partial charge < -0.3 is 14.8 Å². The fourth-order valence-corrected chi connectivity index (χ4v) is 2.52. The van der Waals surface area contributed by atoms with Crippen molar-refractivity contribution in [2.24, 2.45) is 4.99 Å². The molecule has 120 valence electrons. The van der Waals surface area contributed by atoms with Crippen LogP contribution in [0.15, 0.2) is 41.4 Å². The number of nitrogens with one attached hydrogen (secondary N) is 1. The SMILES string of the molecule is COc1cc(C=Nc2ccccc2I)c(NC(C)=O)cc1OC. The second-order valence-corrected chi connectivity index (χ2v) is 5.85. The van der Waals surface area contributed by atoms with E-state index in [4.69, 9.17) is 9.47 Å². The summed E-state index contributed by atoms with van der Waals surface area (Å²) in [5, 5.41) is 2.78. The monoisotopic (exact) mass is 424 g/mol. The third-order valence-corrected chi connectivity index (χ3v) is 3.97. The van der Waals surface area contributed by atoms with Gasteiger partial charge in [-0.25, -0.2) is 0 Å². The van der Waals surface area contributed by atoms with Gasteiger partial charge in [0.05, 0.1) is 25.6 Å². The van der Waals surface area contributed by atoms with Gasteiger partial charge in [0.15, 0.2) is 11.5 Å². The summed E-state index contributed by atoms with van der Waals surface area (Å²) in [6, 6.07) is 11.3. The van der Waals surface area contributed by atoms with E-state index in [2.05, 4.69) is 32.9 Å². The number of para-hydroxylation sites is 1. The van der Waals surface area contributed by atoms with Crippen molar-refractivity contribution >= 4 is 46.1 Å². The maximum atomic E-state index is 11.4. The molecule has 0 saturated carbocycles. The predicted molar refractivity (Wildman–Crippen MR) is 100 cm³/mol. The third-order valence-electron chi connectivity index (χ3n) is 3.06. The number of amides is 1. The van der Waals surface area contributed by atoms with Crippen molar-refractivity contribution in [1.29, 1.82) is 0 Å². The highest BCUT2D eigenvalue weighted by molar-refractivity contribution is 14.1. The molecular formula is C17H17IN2O3. The van der Waals surface area contributed by atoms with E-state index >= 15 is 0 Å². The number of benzene rings is 2. The summed E-state index contributed by atoms with van der Waals surface area (Å²) >= 11 is 2.23. The van der Waals surface area contributed by atoms with Gasteiger partial charge in [-0.15, -0.1) is 0 Å². The number of hydrogen-bond acceptors (Lipinski definition) is 4. The lowest BCUT2D eigenvalue weighted by molar-refractivity contribution is -0.114. The molecule has 0 heterocycles. The maximum Gasteiger partial charge on any atom is 0.221 e. The fraction of sp³-hybridized carbons (Fsp3) is 0.176. The minimum absolute atomic E-state index is 0.166. The minimum Gasteiger partial charge on any atom is -0.493 e. The number of rotatable bonds is 5. The van der Waals surface area contributed by atoms with Crippen molar-refractivity contribution in [2.45, 2.75) is 6.92 Å². The van der Waals surface area contributed by atoms with Crippen molar-refractivity contribution in [3.05, 3.63) is 45.5 Å². The Bertz CT molecular complexity index is 745. The molecule has 0 fully saturated rings. The van der Waals surface area contributed by atoms with Crippen LogP contribution in [0.2, 0.25) is 0 Å². The average Bonchev–Trinajstić information content (AvgIpc) is 2.54. The second kappa shape index (κ2) is 7.96. The predicted octanol–water partition coefficient (Wildman–Crippen LogP) is 4.02. The van der Waals surface area contributed by atoms with Gasteiger partial charge in [0.1, 0.15) is 0 Å². The molecule has 0 atom stereocenters. The molecule has 2 rings (SSSR count). The Hall–Kier alpha value is -2.09. The molecule has 0 saturated heterocycles. The van der Waals surface area contributed by atoms with E-state index in [1.54, 1.807) is 32.6 Å². The first kappa shape index (κ1) is 17.3. The zero-order chi connectivity index (χ0) is 16.8. The Morgan fingerprint density at radius 1 is 1.17 bits per heavy atom. The van der Waals surface area contributed by atoms with E-state index in [0.29, 0.717) is 17.2 Å². The quantitative estimate of drug-likeness (QED) is 0.583. The molecule has 0 aliphatic heterocycles. The number of aliphatic imine (C=N–C) groups is 1. The number of nitrogens with zero attached hydrogens (tertiary/aromatic N) is 1. The van der Waals surface area contributed by atoms with E-state index < -0.39 is 0 Å². The van der Waals surface area contributed by atoms with E-state index in [1.807, 2.05) is 24.3 Å². The van der Waals surface area contributed by atoms with E-state index in [9.17, 15) is 4.79 Å². The molecule has 6 heteroatoms. The summed E-state index contributed by atoms with van der Waals surface area (Å²) in [4.78, 5) is 15.9. The van der Waals surface area contributed by atoms with Crippen LogP contribution in [0, 0.1) is 3.57 Å². The van der Waals surface area contributed by atoms with E-state index in [1.165, 1.54) is 6.92 Å². The standard InChI is InChI=1S/C17H17IN2O3/c1-11(21)20-15-9-17(23-3)16(22-2)8-12(15)10-19-14-7-5-4-6-13(14)18/h4-10H,1-3H3,(H,20,21). The van der Waals surface area contributed by atoms with Crippen LogP contribution in [0.25, 0.3) is 0 Å². The Morgan fingerprint density at radius 3 is 2.43 bits per heavy atom. The molecule has 0 spiro atoms. The van der Waals surface area contributed by atoms with Crippen LogP contribution in [-0.2, 0) is 4.79 Å². The maximum absolute atomic E-state index is 11.4. The first-order chi connectivity index (χ1) is 11.0. The van der Waals surface area contributed by atoms with E-state index in [0.717, 1.165) is 14.8 Å². The van der Waals surface area contributed by atoms with Gasteiger partial charge in [-0.05, 0) is 40.8 Å². The molecule has 1 amide bonds. The number of hydrogen-bond donors (Lipinski definition) is 1. The van der Waals surface area contributed by atoms with Gasteiger partial charge in [0.25, 0.3) is 0 Å². The summed E-state index contributed by atoms with van der Waals surface area (Å²) in [7, 11) is 3.12. The molecule has 1 N–H and O–H groups in total. The van der Waals surface area contributed by atoms with Crippen molar-refractivity contribution in [3.63, 3.8) is 0 Å². The molecule has 0 aromatic heterocycles. The first-order valence-electron chi connectivity index (χ1n) is 6.87. The smallest absolute Gasteiger partial charge is 0.221 e. The highest BCUT2D eigenvalue weighted by atomic mass is 127. The van der Waals surface area contributed by atoms with Crippen LogP contribution >= 0.6 is 22.6 Å². The molecule has 0 bridgehead atoms. The Kier molecular flexibility index (Phi) is 5.97. The van der Waals surface area contributed by atoms with Crippen LogP contribution in [0.4, 0.5) is 11.4 Å². The fourth-order valence-electron chi connectivity index (χ4n) is 1.99. The normalized spacial score (nSPS) is 10.6. The van der Waals surface area contributed by atoms with Crippen molar-refractivity contribution in [2.75, 3.05) is 19.5 Å². The summed E-state index contributed by atoms with van der Waals surface area (Å²) < 4.78 is 11.6. The largest absolute Gasteiger partial charge is 0.493 e. The molecule has 5 nitrogen and oxygen atoms in total. The molecule has 0 aliphatic carbocycles. The number of methoxy groups -OCH3 is 2. The van der Waals surface area contributed by atoms with Crippen molar-refractivity contribution in [3.8, 4) is 11.5 Å². The van der Waals surface area contributed by atoms with Crippen LogP contribution in [-0.4, -0.2) is 26.3 Å². The molecule has 0 radical (unpaired) electrons. The summed E-state index contributed by atoms with van der Waals surface area (Å²) in [5.41, 5.74) is 2.21.